The van der Waals surface area contributed by atoms with Crippen molar-refractivity contribution in [1.82, 2.24) is 9.47 Å². The monoisotopic (exact) mass is 299 g/mol. The van der Waals surface area contributed by atoms with Crippen LogP contribution < -0.4 is 10.1 Å². The zero-order valence-electron chi connectivity index (χ0n) is 13.0. The van der Waals surface area contributed by atoms with E-state index in [0.717, 1.165) is 6.54 Å². The van der Waals surface area contributed by atoms with Gasteiger partial charge in [0, 0.05) is 25.0 Å². The van der Waals surface area contributed by atoms with E-state index in [-0.39, 0.29) is 12.1 Å². The normalized spacial score (nSPS) is 17.0. The summed E-state index contributed by atoms with van der Waals surface area (Å²) in [5.41, 5.74) is 1.88. The number of anilines is 1. The molecule has 5 heteroatoms. The molecule has 0 aliphatic carbocycles. The maximum Gasteiger partial charge on any atom is 0.322 e. The highest BCUT2D eigenvalue weighted by molar-refractivity contribution is 5.91. The highest BCUT2D eigenvalue weighted by Gasteiger charge is 2.27. The molecule has 0 unspecified atom stereocenters. The lowest BCUT2D eigenvalue weighted by Gasteiger charge is -2.35. The van der Waals surface area contributed by atoms with Crippen LogP contribution >= 0.6 is 0 Å². The summed E-state index contributed by atoms with van der Waals surface area (Å²) < 4.78 is 7.76. The summed E-state index contributed by atoms with van der Waals surface area (Å²) in [5, 5.41) is 2.97. The van der Waals surface area contributed by atoms with E-state index in [1.807, 2.05) is 42.2 Å². The fourth-order valence-electron chi connectivity index (χ4n) is 2.89. The van der Waals surface area contributed by atoms with E-state index in [9.17, 15) is 4.79 Å². The van der Waals surface area contributed by atoms with E-state index in [1.54, 1.807) is 0 Å². The van der Waals surface area contributed by atoms with Crippen LogP contribution in [0.2, 0.25) is 0 Å². The molecule has 1 atom stereocenters. The van der Waals surface area contributed by atoms with Crippen LogP contribution in [0.15, 0.2) is 42.6 Å². The second kappa shape index (κ2) is 6.13. The van der Waals surface area contributed by atoms with Crippen molar-refractivity contribution < 1.29 is 9.53 Å². The van der Waals surface area contributed by atoms with Crippen molar-refractivity contribution in [3.63, 3.8) is 0 Å². The molecule has 1 aromatic carbocycles. The first-order valence-electron chi connectivity index (χ1n) is 7.65. The van der Waals surface area contributed by atoms with Crippen LogP contribution in [0.5, 0.6) is 5.75 Å². The first kappa shape index (κ1) is 14.5. The third kappa shape index (κ3) is 2.66. The van der Waals surface area contributed by atoms with E-state index in [2.05, 4.69) is 29.1 Å². The molecule has 0 saturated heterocycles. The summed E-state index contributed by atoms with van der Waals surface area (Å²) in [7, 11) is 0. The van der Waals surface area contributed by atoms with Gasteiger partial charge in [-0.3, -0.25) is 0 Å². The van der Waals surface area contributed by atoms with Gasteiger partial charge in [-0.05, 0) is 38.1 Å². The second-order valence-corrected chi connectivity index (χ2v) is 5.36. The molecule has 0 spiro atoms. The molecular formula is C17H21N3O2. The average Bonchev–Trinajstić information content (AvgIpc) is 2.99. The predicted octanol–water partition coefficient (Wildman–Crippen LogP) is 3.50. The van der Waals surface area contributed by atoms with Crippen LogP contribution in [0.1, 0.15) is 25.6 Å². The highest BCUT2D eigenvalue weighted by Crippen LogP contribution is 2.28. The summed E-state index contributed by atoms with van der Waals surface area (Å²) in [6.45, 7) is 6.08. The lowest BCUT2D eigenvalue weighted by molar-refractivity contribution is 0.175. The number of nitrogens with one attached hydrogen (secondary N) is 1. The van der Waals surface area contributed by atoms with Gasteiger partial charge in [-0.25, -0.2) is 4.79 Å². The van der Waals surface area contributed by atoms with Crippen molar-refractivity contribution in [1.29, 1.82) is 0 Å². The van der Waals surface area contributed by atoms with Crippen LogP contribution in [-0.2, 0) is 6.54 Å². The topological polar surface area (TPSA) is 46.5 Å². The molecule has 0 radical (unpaired) electrons. The van der Waals surface area contributed by atoms with Crippen LogP contribution in [0, 0.1) is 0 Å². The largest absolute Gasteiger partial charge is 0.492 e. The van der Waals surface area contributed by atoms with Crippen molar-refractivity contribution in [3.8, 4) is 5.75 Å². The predicted molar refractivity (Wildman–Crippen MR) is 86.2 cm³/mol. The number of carbonyl (C=O) groups excluding carboxylic acids is 1. The lowest BCUT2D eigenvalue weighted by atomic mass is 10.1. The molecule has 0 fully saturated rings. The highest BCUT2D eigenvalue weighted by atomic mass is 16.5. The molecule has 2 aromatic rings. The van der Waals surface area contributed by atoms with Gasteiger partial charge in [0.05, 0.1) is 18.3 Å². The third-order valence-corrected chi connectivity index (χ3v) is 4.03. The SMILES string of the molecule is CCOc1ccccc1NC(=O)N1CCn2cccc2[C@H]1C. The molecule has 3 rings (SSSR count). The summed E-state index contributed by atoms with van der Waals surface area (Å²) in [4.78, 5) is 14.5. The fourth-order valence-corrected chi connectivity index (χ4v) is 2.89. The van der Waals surface area contributed by atoms with Crippen LogP contribution in [-0.4, -0.2) is 28.6 Å². The zero-order valence-corrected chi connectivity index (χ0v) is 13.0. The molecular weight excluding hydrogens is 278 g/mol. The first-order valence-corrected chi connectivity index (χ1v) is 7.65. The van der Waals surface area contributed by atoms with E-state index < -0.39 is 0 Å². The number of hydrogen-bond acceptors (Lipinski definition) is 2. The molecule has 0 saturated carbocycles. The molecule has 22 heavy (non-hydrogen) atoms. The van der Waals surface area contributed by atoms with Crippen LogP contribution in [0.25, 0.3) is 0 Å². The van der Waals surface area contributed by atoms with Gasteiger partial charge in [-0.1, -0.05) is 12.1 Å². The summed E-state index contributed by atoms with van der Waals surface area (Å²) in [5.74, 6) is 0.700. The number of nitrogens with zero attached hydrogens (tertiary/aromatic N) is 2. The number of rotatable bonds is 3. The maximum absolute atomic E-state index is 12.6. The molecule has 1 aliphatic rings. The Hall–Kier alpha value is -2.43. The van der Waals surface area contributed by atoms with Crippen LogP contribution in [0.4, 0.5) is 10.5 Å². The van der Waals surface area contributed by atoms with Crippen molar-refractivity contribution >= 4 is 11.7 Å². The summed E-state index contributed by atoms with van der Waals surface area (Å²) >= 11 is 0. The molecule has 0 bridgehead atoms. The van der Waals surface area contributed by atoms with E-state index in [0.29, 0.717) is 24.6 Å². The van der Waals surface area contributed by atoms with Crippen molar-refractivity contribution in [2.75, 3.05) is 18.5 Å². The van der Waals surface area contributed by atoms with Gasteiger partial charge in [-0.2, -0.15) is 0 Å². The molecule has 1 N–H and O–H groups in total. The Morgan fingerprint density at radius 2 is 2.09 bits per heavy atom. The molecule has 5 nitrogen and oxygen atoms in total. The third-order valence-electron chi connectivity index (χ3n) is 4.03. The van der Waals surface area contributed by atoms with Gasteiger partial charge in [0.15, 0.2) is 0 Å². The molecule has 1 aromatic heterocycles. The number of urea groups is 1. The quantitative estimate of drug-likeness (QED) is 0.943. The average molecular weight is 299 g/mol. The molecule has 2 amide bonds. The molecule has 1 aliphatic heterocycles. The maximum atomic E-state index is 12.6. The smallest absolute Gasteiger partial charge is 0.322 e. The van der Waals surface area contributed by atoms with Gasteiger partial charge < -0.3 is 19.5 Å². The fraction of sp³-hybridized carbons (Fsp3) is 0.353. The first-order chi connectivity index (χ1) is 10.7. The van der Waals surface area contributed by atoms with Gasteiger partial charge in [0.1, 0.15) is 5.75 Å². The van der Waals surface area contributed by atoms with Gasteiger partial charge in [-0.15, -0.1) is 0 Å². The standard InChI is InChI=1S/C17H21N3O2/c1-3-22-16-9-5-4-7-14(16)18-17(21)20-12-11-19-10-6-8-15(19)13(20)2/h4-10,13H,3,11-12H2,1-2H3,(H,18,21)/t13-/m1/s1. The van der Waals surface area contributed by atoms with Crippen LogP contribution in [0.3, 0.4) is 0 Å². The Morgan fingerprint density at radius 1 is 1.27 bits per heavy atom. The Morgan fingerprint density at radius 3 is 2.91 bits per heavy atom. The molecule has 2 heterocycles. The minimum atomic E-state index is -0.0906. The number of ether oxygens (including phenoxy) is 1. The zero-order chi connectivity index (χ0) is 15.5. The van der Waals surface area contributed by atoms with Crippen molar-refractivity contribution in [2.45, 2.75) is 26.4 Å². The number of para-hydroxylation sites is 2. The Kier molecular flexibility index (Phi) is 4.04. The number of carbonyl (C=O) groups is 1. The minimum Gasteiger partial charge on any atom is -0.492 e. The van der Waals surface area contributed by atoms with E-state index in [1.165, 1.54) is 5.69 Å². The number of hydrogen-bond donors (Lipinski definition) is 1. The number of aromatic nitrogens is 1. The number of benzene rings is 1. The molecule has 116 valence electrons. The Balaban J connectivity index is 1.76. The van der Waals surface area contributed by atoms with Crippen molar-refractivity contribution in [3.05, 3.63) is 48.3 Å². The lowest BCUT2D eigenvalue weighted by Crippen LogP contribution is -2.43. The van der Waals surface area contributed by atoms with Gasteiger partial charge in [0.25, 0.3) is 0 Å². The number of fused-ring (bicyclic) bond motifs is 1. The second-order valence-electron chi connectivity index (χ2n) is 5.36. The van der Waals surface area contributed by atoms with Crippen molar-refractivity contribution in [2.24, 2.45) is 0 Å². The Bertz CT molecular complexity index is 665. The van der Waals surface area contributed by atoms with E-state index in [4.69, 9.17) is 4.74 Å². The minimum absolute atomic E-state index is 0.0583. The summed E-state index contributed by atoms with van der Waals surface area (Å²) in [6, 6.07) is 11.6. The Labute approximate surface area is 130 Å². The van der Waals surface area contributed by atoms with Gasteiger partial charge >= 0.3 is 6.03 Å². The summed E-state index contributed by atoms with van der Waals surface area (Å²) in [6.07, 6.45) is 2.06. The van der Waals surface area contributed by atoms with E-state index >= 15 is 0 Å². The number of amides is 2. The van der Waals surface area contributed by atoms with Gasteiger partial charge in [0.2, 0.25) is 0 Å².